The maximum atomic E-state index is 12.4. The molecular weight excluding hydrogens is 334 g/mol. The maximum absolute atomic E-state index is 12.4. The van der Waals surface area contributed by atoms with E-state index in [1.807, 2.05) is 6.07 Å². The van der Waals surface area contributed by atoms with E-state index in [1.165, 1.54) is 18.3 Å². The van der Waals surface area contributed by atoms with Crippen molar-refractivity contribution in [2.45, 2.75) is 6.54 Å². The summed E-state index contributed by atoms with van der Waals surface area (Å²) in [7, 11) is 0. The minimum Gasteiger partial charge on any atom is -0.478 e. The Labute approximate surface area is 152 Å². The topological polar surface area (TPSA) is 123 Å². The van der Waals surface area contributed by atoms with Gasteiger partial charge in [0.2, 0.25) is 0 Å². The van der Waals surface area contributed by atoms with Crippen molar-refractivity contribution in [3.8, 4) is 6.07 Å². The van der Waals surface area contributed by atoms with Gasteiger partial charge in [0.25, 0.3) is 5.91 Å². The highest BCUT2D eigenvalue weighted by atomic mass is 16.4. The molecule has 138 valence electrons. The second-order valence-corrected chi connectivity index (χ2v) is 5.98. The number of amides is 1. The lowest BCUT2D eigenvalue weighted by Gasteiger charge is -2.34. The zero-order chi connectivity index (χ0) is 18.9. The zero-order valence-electron chi connectivity index (χ0n) is 14.5. The van der Waals surface area contributed by atoms with Crippen LogP contribution in [0.15, 0.2) is 36.0 Å². The Morgan fingerprint density at radius 1 is 1.23 bits per heavy atom. The van der Waals surface area contributed by atoms with Crippen LogP contribution < -0.4 is 11.1 Å². The summed E-state index contributed by atoms with van der Waals surface area (Å²) in [5, 5.41) is 21.1. The molecule has 0 unspecified atom stereocenters. The lowest BCUT2D eigenvalue weighted by atomic mass is 10.1. The molecule has 1 aliphatic rings. The van der Waals surface area contributed by atoms with Crippen LogP contribution in [0.5, 0.6) is 0 Å². The first-order valence-electron chi connectivity index (χ1n) is 8.42. The number of piperazine rings is 1. The number of hydrogen-bond acceptors (Lipinski definition) is 6. The van der Waals surface area contributed by atoms with Crippen molar-refractivity contribution in [3.63, 3.8) is 0 Å². The summed E-state index contributed by atoms with van der Waals surface area (Å²) in [6, 6.07) is 8.35. The fourth-order valence-electron chi connectivity index (χ4n) is 2.71. The number of aromatic carboxylic acids is 1. The highest BCUT2D eigenvalue weighted by Crippen LogP contribution is 2.07. The van der Waals surface area contributed by atoms with E-state index >= 15 is 0 Å². The summed E-state index contributed by atoms with van der Waals surface area (Å²) < 4.78 is 0. The molecule has 0 aliphatic carbocycles. The summed E-state index contributed by atoms with van der Waals surface area (Å²) in [6.45, 7) is 4.46. The number of rotatable bonds is 7. The van der Waals surface area contributed by atoms with Crippen LogP contribution in [0.1, 0.15) is 15.9 Å². The van der Waals surface area contributed by atoms with Gasteiger partial charge in [-0.1, -0.05) is 12.1 Å². The number of benzene rings is 1. The first kappa shape index (κ1) is 19.4. The molecule has 0 radical (unpaired) electrons. The maximum Gasteiger partial charge on any atom is 0.335 e. The molecule has 1 amide bonds. The summed E-state index contributed by atoms with van der Waals surface area (Å²) in [5.41, 5.74) is 6.66. The molecule has 1 heterocycles. The van der Waals surface area contributed by atoms with E-state index < -0.39 is 5.97 Å². The monoisotopic (exact) mass is 357 g/mol. The van der Waals surface area contributed by atoms with E-state index in [0.29, 0.717) is 26.2 Å². The molecule has 8 heteroatoms. The van der Waals surface area contributed by atoms with Crippen LogP contribution in [0.4, 0.5) is 0 Å². The van der Waals surface area contributed by atoms with Gasteiger partial charge in [0.15, 0.2) is 0 Å². The van der Waals surface area contributed by atoms with E-state index in [4.69, 9.17) is 10.8 Å². The Bertz CT molecular complexity index is 701. The summed E-state index contributed by atoms with van der Waals surface area (Å²) in [6.07, 6.45) is 1.42. The summed E-state index contributed by atoms with van der Waals surface area (Å²) in [5.74, 6) is -1.26. The van der Waals surface area contributed by atoms with Crippen molar-refractivity contribution < 1.29 is 14.7 Å². The Hall–Kier alpha value is -2.89. The molecule has 1 aromatic rings. The third-order valence-electron chi connectivity index (χ3n) is 4.21. The van der Waals surface area contributed by atoms with Gasteiger partial charge in [0, 0.05) is 52.0 Å². The van der Waals surface area contributed by atoms with Crippen LogP contribution in [0.25, 0.3) is 0 Å². The summed E-state index contributed by atoms with van der Waals surface area (Å²) in [4.78, 5) is 27.1. The Morgan fingerprint density at radius 2 is 1.88 bits per heavy atom. The highest BCUT2D eigenvalue weighted by Gasteiger charge is 2.23. The smallest absolute Gasteiger partial charge is 0.335 e. The largest absolute Gasteiger partial charge is 0.478 e. The lowest BCUT2D eigenvalue weighted by molar-refractivity contribution is -0.128. The molecule has 0 bridgehead atoms. The number of carboxylic acids is 1. The average Bonchev–Trinajstić information content (AvgIpc) is 2.66. The van der Waals surface area contributed by atoms with Crippen molar-refractivity contribution in [1.29, 1.82) is 5.26 Å². The van der Waals surface area contributed by atoms with Crippen LogP contribution in [0, 0.1) is 11.3 Å². The first-order chi connectivity index (χ1) is 12.5. The first-order valence-corrected chi connectivity index (χ1v) is 8.42. The number of hydrogen-bond donors (Lipinski definition) is 3. The molecule has 0 aromatic heterocycles. The van der Waals surface area contributed by atoms with Crippen LogP contribution in [-0.2, 0) is 11.3 Å². The van der Waals surface area contributed by atoms with E-state index in [0.717, 1.165) is 25.2 Å². The molecule has 0 spiro atoms. The molecule has 0 atom stereocenters. The molecule has 1 saturated heterocycles. The molecule has 1 fully saturated rings. The molecule has 1 aromatic carbocycles. The molecule has 8 nitrogen and oxygen atoms in total. The van der Waals surface area contributed by atoms with Crippen molar-refractivity contribution in [2.24, 2.45) is 5.73 Å². The Balaban J connectivity index is 1.88. The van der Waals surface area contributed by atoms with Gasteiger partial charge in [-0.25, -0.2) is 4.79 Å². The van der Waals surface area contributed by atoms with Gasteiger partial charge in [-0.05, 0) is 17.7 Å². The zero-order valence-corrected chi connectivity index (χ0v) is 14.5. The molecule has 4 N–H and O–H groups in total. The number of nitrogens with one attached hydrogen (secondary N) is 1. The van der Waals surface area contributed by atoms with Crippen LogP contribution in [0.3, 0.4) is 0 Å². The lowest BCUT2D eigenvalue weighted by Crippen LogP contribution is -2.50. The van der Waals surface area contributed by atoms with Gasteiger partial charge in [-0.3, -0.25) is 9.69 Å². The van der Waals surface area contributed by atoms with Crippen molar-refractivity contribution in [3.05, 3.63) is 47.2 Å². The number of nitrogens with two attached hydrogens (primary N) is 1. The van der Waals surface area contributed by atoms with Gasteiger partial charge in [0.1, 0.15) is 11.6 Å². The Kier molecular flexibility index (Phi) is 7.14. The fourth-order valence-corrected chi connectivity index (χ4v) is 2.71. The SMILES string of the molecule is N#C/C(=C/NCc1ccc(C(=O)O)cc1)C(=O)N1CCN(CCN)CC1. The minimum absolute atomic E-state index is 0.0550. The predicted octanol–water partition coefficient (Wildman–Crippen LogP) is -0.0152. The molecular formula is C18H23N5O3. The standard InChI is InChI=1S/C18H23N5O3/c19-5-6-22-7-9-23(10-8-22)17(24)16(11-20)13-21-12-14-1-3-15(4-2-14)18(25)26/h1-4,13,21H,5-10,12,19H2,(H,25,26)/b16-13-. The van der Waals surface area contributed by atoms with Crippen LogP contribution in [0.2, 0.25) is 0 Å². The van der Waals surface area contributed by atoms with E-state index in [9.17, 15) is 14.9 Å². The number of carbonyl (C=O) groups excluding carboxylic acids is 1. The quantitative estimate of drug-likeness (QED) is 0.463. The second kappa shape index (κ2) is 9.56. The van der Waals surface area contributed by atoms with Crippen molar-refractivity contribution in [1.82, 2.24) is 15.1 Å². The van der Waals surface area contributed by atoms with Gasteiger partial charge in [-0.15, -0.1) is 0 Å². The number of nitriles is 1. The predicted molar refractivity (Wildman–Crippen MR) is 96.0 cm³/mol. The van der Waals surface area contributed by atoms with Crippen molar-refractivity contribution >= 4 is 11.9 Å². The number of carboxylic acid groups (broad SMARTS) is 1. The molecule has 1 aliphatic heterocycles. The molecule has 26 heavy (non-hydrogen) atoms. The number of nitrogens with zero attached hydrogens (tertiary/aromatic N) is 3. The van der Waals surface area contributed by atoms with Crippen molar-refractivity contribution in [2.75, 3.05) is 39.3 Å². The van der Waals surface area contributed by atoms with Gasteiger partial charge in [0.05, 0.1) is 5.56 Å². The van der Waals surface area contributed by atoms with E-state index in [1.54, 1.807) is 17.0 Å². The van der Waals surface area contributed by atoms with Gasteiger partial charge in [-0.2, -0.15) is 5.26 Å². The normalized spacial score (nSPS) is 15.4. The summed E-state index contributed by atoms with van der Waals surface area (Å²) >= 11 is 0. The number of carbonyl (C=O) groups is 2. The third kappa shape index (κ3) is 5.31. The second-order valence-electron chi connectivity index (χ2n) is 5.98. The fraction of sp³-hybridized carbons (Fsp3) is 0.389. The molecule has 2 rings (SSSR count). The molecule has 0 saturated carbocycles. The highest BCUT2D eigenvalue weighted by molar-refractivity contribution is 5.97. The van der Waals surface area contributed by atoms with E-state index in [-0.39, 0.29) is 17.0 Å². The average molecular weight is 357 g/mol. The Morgan fingerprint density at radius 3 is 2.42 bits per heavy atom. The van der Waals surface area contributed by atoms with Gasteiger partial charge >= 0.3 is 5.97 Å². The van der Waals surface area contributed by atoms with E-state index in [2.05, 4.69) is 10.2 Å². The minimum atomic E-state index is -0.978. The van der Waals surface area contributed by atoms with Gasteiger partial charge < -0.3 is 21.1 Å². The van der Waals surface area contributed by atoms with Crippen LogP contribution >= 0.6 is 0 Å². The third-order valence-corrected chi connectivity index (χ3v) is 4.21. The van der Waals surface area contributed by atoms with Crippen LogP contribution in [-0.4, -0.2) is 66.1 Å².